The van der Waals surface area contributed by atoms with Gasteiger partial charge in [0.25, 0.3) is 0 Å². The first-order chi connectivity index (χ1) is 9.16. The van der Waals surface area contributed by atoms with Gasteiger partial charge in [-0.05, 0) is 50.1 Å². The Morgan fingerprint density at radius 3 is 2.58 bits per heavy atom. The van der Waals surface area contributed by atoms with Crippen molar-refractivity contribution in [1.29, 1.82) is 0 Å². The van der Waals surface area contributed by atoms with Crippen LogP contribution in [-0.4, -0.2) is 31.1 Å². The molecular weight excluding hydrogens is 300 g/mol. The summed E-state index contributed by atoms with van der Waals surface area (Å²) in [5.41, 5.74) is 1.20. The van der Waals surface area contributed by atoms with Gasteiger partial charge in [-0.1, -0.05) is 35.7 Å². The first kappa shape index (κ1) is 14.9. The van der Waals surface area contributed by atoms with Crippen LogP contribution in [-0.2, 0) is 0 Å². The van der Waals surface area contributed by atoms with Crippen LogP contribution >= 0.6 is 15.9 Å². The molecule has 1 fully saturated rings. The smallest absolute Gasteiger partial charge is 0.0341 e. The lowest BCUT2D eigenvalue weighted by Gasteiger charge is -2.36. The molecule has 1 N–H and O–H groups in total. The molecule has 0 bridgehead atoms. The van der Waals surface area contributed by atoms with Gasteiger partial charge in [0.2, 0.25) is 0 Å². The van der Waals surface area contributed by atoms with Crippen molar-refractivity contribution in [3.63, 3.8) is 0 Å². The average Bonchev–Trinajstić information content (AvgIpc) is 2.41. The lowest BCUT2D eigenvalue weighted by Crippen LogP contribution is -2.41. The molecule has 0 aliphatic heterocycles. The van der Waals surface area contributed by atoms with Crippen LogP contribution in [0.1, 0.15) is 32.6 Å². The molecule has 106 valence electrons. The van der Waals surface area contributed by atoms with Crippen molar-refractivity contribution in [2.45, 2.75) is 38.6 Å². The molecule has 1 aromatic rings. The minimum Gasteiger partial charge on any atom is -0.384 e. The number of rotatable bonds is 5. The second kappa shape index (κ2) is 7.30. The molecule has 1 aliphatic rings. The molecule has 2 nitrogen and oxygen atoms in total. The number of nitrogens with zero attached hydrogens (tertiary/aromatic N) is 1. The topological polar surface area (TPSA) is 15.3 Å². The fourth-order valence-electron chi connectivity index (χ4n) is 3.06. The monoisotopic (exact) mass is 324 g/mol. The zero-order valence-corrected chi connectivity index (χ0v) is 13.6. The van der Waals surface area contributed by atoms with E-state index in [0.29, 0.717) is 0 Å². The van der Waals surface area contributed by atoms with E-state index in [1.165, 1.54) is 31.4 Å². The van der Waals surface area contributed by atoms with Gasteiger partial charge in [0.15, 0.2) is 0 Å². The second-order valence-corrected chi connectivity index (χ2v) is 6.66. The summed E-state index contributed by atoms with van der Waals surface area (Å²) in [6, 6.07) is 9.17. The SMILES string of the molecule is CC1CCCCC1N(C)CCNc1ccc(Br)cc1. The summed E-state index contributed by atoms with van der Waals surface area (Å²) in [6.45, 7) is 4.54. The summed E-state index contributed by atoms with van der Waals surface area (Å²) < 4.78 is 1.13. The fourth-order valence-corrected chi connectivity index (χ4v) is 3.33. The maximum Gasteiger partial charge on any atom is 0.0341 e. The number of hydrogen-bond donors (Lipinski definition) is 1. The number of hydrogen-bond acceptors (Lipinski definition) is 2. The first-order valence-electron chi connectivity index (χ1n) is 7.36. The largest absolute Gasteiger partial charge is 0.384 e. The summed E-state index contributed by atoms with van der Waals surface area (Å²) in [5.74, 6) is 0.853. The van der Waals surface area contributed by atoms with E-state index in [0.717, 1.165) is 29.5 Å². The Kier molecular flexibility index (Phi) is 5.71. The Balaban J connectivity index is 1.74. The molecule has 1 aliphatic carbocycles. The Hall–Kier alpha value is -0.540. The zero-order valence-electron chi connectivity index (χ0n) is 12.0. The Bertz CT molecular complexity index is 377. The van der Waals surface area contributed by atoms with Crippen LogP contribution in [0, 0.1) is 5.92 Å². The minimum absolute atomic E-state index is 0.778. The van der Waals surface area contributed by atoms with E-state index >= 15 is 0 Å². The normalized spacial score (nSPS) is 23.6. The highest BCUT2D eigenvalue weighted by Crippen LogP contribution is 2.27. The van der Waals surface area contributed by atoms with E-state index in [1.807, 2.05) is 0 Å². The van der Waals surface area contributed by atoms with Crippen molar-refractivity contribution in [1.82, 2.24) is 4.90 Å². The molecule has 0 heterocycles. The van der Waals surface area contributed by atoms with Crippen molar-refractivity contribution in [3.8, 4) is 0 Å². The number of benzene rings is 1. The van der Waals surface area contributed by atoms with E-state index in [4.69, 9.17) is 0 Å². The molecule has 0 aromatic heterocycles. The van der Waals surface area contributed by atoms with Crippen molar-refractivity contribution in [2.24, 2.45) is 5.92 Å². The van der Waals surface area contributed by atoms with Gasteiger partial charge in [0.1, 0.15) is 0 Å². The highest BCUT2D eigenvalue weighted by atomic mass is 79.9. The molecular formula is C16H25BrN2. The van der Waals surface area contributed by atoms with E-state index < -0.39 is 0 Å². The zero-order chi connectivity index (χ0) is 13.7. The van der Waals surface area contributed by atoms with Gasteiger partial charge >= 0.3 is 0 Å². The summed E-state index contributed by atoms with van der Waals surface area (Å²) in [7, 11) is 2.27. The molecule has 2 atom stereocenters. The lowest BCUT2D eigenvalue weighted by molar-refractivity contribution is 0.144. The molecule has 0 spiro atoms. The Morgan fingerprint density at radius 2 is 1.89 bits per heavy atom. The van der Waals surface area contributed by atoms with Gasteiger partial charge in [-0.2, -0.15) is 0 Å². The second-order valence-electron chi connectivity index (χ2n) is 5.74. The Labute approximate surface area is 125 Å². The average molecular weight is 325 g/mol. The predicted octanol–water partition coefficient (Wildman–Crippen LogP) is 4.37. The molecule has 0 saturated heterocycles. The van der Waals surface area contributed by atoms with Crippen LogP contribution in [0.4, 0.5) is 5.69 Å². The molecule has 0 amide bonds. The van der Waals surface area contributed by atoms with E-state index in [9.17, 15) is 0 Å². The lowest BCUT2D eigenvalue weighted by atomic mass is 9.85. The molecule has 19 heavy (non-hydrogen) atoms. The molecule has 0 radical (unpaired) electrons. The summed E-state index contributed by atoms with van der Waals surface area (Å²) in [6.07, 6.45) is 5.59. The van der Waals surface area contributed by atoms with E-state index in [-0.39, 0.29) is 0 Å². The number of likely N-dealkylation sites (N-methyl/N-ethyl adjacent to an activating group) is 1. The maximum atomic E-state index is 3.49. The summed E-state index contributed by atoms with van der Waals surface area (Å²) >= 11 is 3.46. The van der Waals surface area contributed by atoms with Crippen molar-refractivity contribution in [2.75, 3.05) is 25.5 Å². The van der Waals surface area contributed by atoms with Crippen molar-refractivity contribution in [3.05, 3.63) is 28.7 Å². The highest BCUT2D eigenvalue weighted by molar-refractivity contribution is 9.10. The fraction of sp³-hybridized carbons (Fsp3) is 0.625. The van der Waals surface area contributed by atoms with Crippen LogP contribution in [0.5, 0.6) is 0 Å². The first-order valence-corrected chi connectivity index (χ1v) is 8.16. The number of anilines is 1. The van der Waals surface area contributed by atoms with Gasteiger partial charge in [0, 0.05) is 29.3 Å². The van der Waals surface area contributed by atoms with Gasteiger partial charge in [0.05, 0.1) is 0 Å². The summed E-state index contributed by atoms with van der Waals surface area (Å²) in [5, 5.41) is 3.49. The van der Waals surface area contributed by atoms with Gasteiger partial charge in [-0.25, -0.2) is 0 Å². The maximum absolute atomic E-state index is 3.49. The van der Waals surface area contributed by atoms with Crippen LogP contribution in [0.15, 0.2) is 28.7 Å². The van der Waals surface area contributed by atoms with Gasteiger partial charge in [-0.3, -0.25) is 0 Å². The number of nitrogens with one attached hydrogen (secondary N) is 1. The van der Waals surface area contributed by atoms with E-state index in [1.54, 1.807) is 0 Å². The third kappa shape index (κ3) is 4.50. The van der Waals surface area contributed by atoms with Crippen LogP contribution in [0.25, 0.3) is 0 Å². The standard InChI is InChI=1S/C16H25BrN2/c1-13-5-3-4-6-16(13)19(2)12-11-18-15-9-7-14(17)8-10-15/h7-10,13,16,18H,3-6,11-12H2,1-2H3. The molecule has 2 rings (SSSR count). The van der Waals surface area contributed by atoms with Crippen molar-refractivity contribution < 1.29 is 0 Å². The quantitative estimate of drug-likeness (QED) is 0.865. The van der Waals surface area contributed by atoms with Crippen molar-refractivity contribution >= 4 is 21.6 Å². The van der Waals surface area contributed by atoms with Gasteiger partial charge in [-0.15, -0.1) is 0 Å². The molecule has 2 unspecified atom stereocenters. The van der Waals surface area contributed by atoms with Crippen LogP contribution in [0.3, 0.4) is 0 Å². The molecule has 1 aromatic carbocycles. The summed E-state index contributed by atoms with van der Waals surface area (Å²) in [4.78, 5) is 2.54. The number of halogens is 1. The third-order valence-electron chi connectivity index (χ3n) is 4.27. The molecule has 3 heteroatoms. The van der Waals surface area contributed by atoms with Crippen LogP contribution < -0.4 is 5.32 Å². The third-order valence-corrected chi connectivity index (χ3v) is 4.80. The minimum atomic E-state index is 0.778. The molecule has 1 saturated carbocycles. The van der Waals surface area contributed by atoms with E-state index in [2.05, 4.69) is 64.4 Å². The highest BCUT2D eigenvalue weighted by Gasteiger charge is 2.24. The predicted molar refractivity (Wildman–Crippen MR) is 86.7 cm³/mol. The van der Waals surface area contributed by atoms with Crippen LogP contribution in [0.2, 0.25) is 0 Å². The Morgan fingerprint density at radius 1 is 1.21 bits per heavy atom. The van der Waals surface area contributed by atoms with Gasteiger partial charge < -0.3 is 10.2 Å².